The normalized spacial score (nSPS) is 11.1. The molecule has 0 aliphatic heterocycles. The first-order valence-electron chi connectivity index (χ1n) is 7.24. The van der Waals surface area contributed by atoms with Crippen molar-refractivity contribution in [3.05, 3.63) is 29.8 Å². The number of hydrogen-bond donors (Lipinski definition) is 1. The molecule has 0 radical (unpaired) electrons. The van der Waals surface area contributed by atoms with Gasteiger partial charge in [0.2, 0.25) is 15.9 Å². The molecule has 0 spiro atoms. The van der Waals surface area contributed by atoms with Gasteiger partial charge >= 0.3 is 5.97 Å². The van der Waals surface area contributed by atoms with Crippen molar-refractivity contribution in [2.75, 3.05) is 41.3 Å². The van der Waals surface area contributed by atoms with Crippen molar-refractivity contribution in [2.45, 2.75) is 4.90 Å². The van der Waals surface area contributed by atoms with Crippen molar-refractivity contribution in [1.29, 1.82) is 0 Å². The molecule has 1 rings (SSSR count). The van der Waals surface area contributed by atoms with E-state index in [1.165, 1.54) is 52.5 Å². The van der Waals surface area contributed by atoms with E-state index in [9.17, 15) is 22.8 Å². The zero-order valence-corrected chi connectivity index (χ0v) is 15.3. The molecule has 9 nitrogen and oxygen atoms in total. The summed E-state index contributed by atoms with van der Waals surface area (Å²) in [6, 6.07) is 5.33. The molecule has 0 unspecified atom stereocenters. The first-order chi connectivity index (χ1) is 11.6. The van der Waals surface area contributed by atoms with Gasteiger partial charge in [-0.15, -0.1) is 0 Å². The predicted octanol–water partition coefficient (Wildman–Crippen LogP) is -0.702. The Hall–Kier alpha value is -2.46. The van der Waals surface area contributed by atoms with E-state index < -0.39 is 28.5 Å². The number of amides is 2. The first kappa shape index (κ1) is 20.6. The quantitative estimate of drug-likeness (QED) is 0.634. The molecule has 0 fully saturated rings. The van der Waals surface area contributed by atoms with E-state index in [1.54, 1.807) is 0 Å². The first-order valence-corrected chi connectivity index (χ1v) is 8.68. The molecule has 10 heteroatoms. The highest BCUT2D eigenvalue weighted by molar-refractivity contribution is 7.89. The molecule has 1 aromatic carbocycles. The third kappa shape index (κ3) is 5.54. The minimum absolute atomic E-state index is 0.00433. The number of esters is 1. The lowest BCUT2D eigenvalue weighted by molar-refractivity contribution is -0.137. The molecular formula is C15H21N3O6S. The van der Waals surface area contributed by atoms with Crippen LogP contribution in [0.15, 0.2) is 29.2 Å². The minimum Gasteiger partial charge on any atom is -0.452 e. The fourth-order valence-electron chi connectivity index (χ4n) is 1.70. The third-order valence-corrected chi connectivity index (χ3v) is 5.07. The molecule has 0 bridgehead atoms. The van der Waals surface area contributed by atoms with E-state index >= 15 is 0 Å². The Kier molecular flexibility index (Phi) is 7.07. The van der Waals surface area contributed by atoms with Gasteiger partial charge in [0.1, 0.15) is 0 Å². The summed E-state index contributed by atoms with van der Waals surface area (Å²) in [5.74, 6) is -1.75. The van der Waals surface area contributed by atoms with Gasteiger partial charge in [-0.05, 0) is 18.2 Å². The number of nitrogens with zero attached hydrogens (tertiary/aromatic N) is 2. The van der Waals surface area contributed by atoms with E-state index in [4.69, 9.17) is 4.74 Å². The highest BCUT2D eigenvalue weighted by atomic mass is 32.2. The van der Waals surface area contributed by atoms with Gasteiger partial charge in [-0.1, -0.05) is 6.07 Å². The second-order valence-corrected chi connectivity index (χ2v) is 7.47. The van der Waals surface area contributed by atoms with Gasteiger partial charge in [-0.3, -0.25) is 9.59 Å². The minimum atomic E-state index is -3.69. The summed E-state index contributed by atoms with van der Waals surface area (Å²) >= 11 is 0. The Labute approximate surface area is 146 Å². The Bertz CT molecular complexity index is 760. The standard InChI is InChI=1S/C15H21N3O6S/c1-16-13(19)9-18(4)14(20)10-24-15(21)11-6-5-7-12(8-11)25(22,23)17(2)3/h5-8H,9-10H2,1-4H3,(H,16,19). The molecular weight excluding hydrogens is 350 g/mol. The number of benzene rings is 1. The number of sulfonamides is 1. The van der Waals surface area contributed by atoms with Crippen LogP contribution in [0.4, 0.5) is 0 Å². The van der Waals surface area contributed by atoms with Gasteiger partial charge in [0.25, 0.3) is 5.91 Å². The summed E-state index contributed by atoms with van der Waals surface area (Å²) in [7, 11) is 1.90. The number of rotatable bonds is 7. The largest absolute Gasteiger partial charge is 0.452 e. The molecule has 25 heavy (non-hydrogen) atoms. The maximum absolute atomic E-state index is 12.1. The molecule has 1 N–H and O–H groups in total. The average Bonchev–Trinajstić information content (AvgIpc) is 2.58. The third-order valence-electron chi connectivity index (χ3n) is 3.26. The van der Waals surface area contributed by atoms with Gasteiger partial charge in [0.05, 0.1) is 17.0 Å². The SMILES string of the molecule is CNC(=O)CN(C)C(=O)COC(=O)c1cccc(S(=O)(=O)N(C)C)c1. The van der Waals surface area contributed by atoms with Crippen molar-refractivity contribution in [2.24, 2.45) is 0 Å². The smallest absolute Gasteiger partial charge is 0.338 e. The van der Waals surface area contributed by atoms with Gasteiger partial charge in [-0.25, -0.2) is 17.5 Å². The van der Waals surface area contributed by atoms with Crippen molar-refractivity contribution >= 4 is 27.8 Å². The molecule has 0 saturated carbocycles. The number of nitrogens with one attached hydrogen (secondary N) is 1. The second kappa shape index (κ2) is 8.58. The molecule has 0 heterocycles. The maximum atomic E-state index is 12.1. The van der Waals surface area contributed by atoms with E-state index in [2.05, 4.69) is 5.32 Å². The Balaban J connectivity index is 2.76. The van der Waals surface area contributed by atoms with Crippen LogP contribution in [0.25, 0.3) is 0 Å². The molecule has 138 valence electrons. The number of hydrogen-bond acceptors (Lipinski definition) is 6. The van der Waals surface area contributed by atoms with E-state index in [0.29, 0.717) is 0 Å². The van der Waals surface area contributed by atoms with Crippen molar-refractivity contribution in [3.63, 3.8) is 0 Å². The molecule has 0 atom stereocenters. The Morgan fingerprint density at radius 1 is 1.16 bits per heavy atom. The lowest BCUT2D eigenvalue weighted by atomic mass is 10.2. The Morgan fingerprint density at radius 2 is 1.80 bits per heavy atom. The molecule has 0 saturated heterocycles. The summed E-state index contributed by atoms with van der Waals surface area (Å²) in [4.78, 5) is 36.1. The predicted molar refractivity (Wildman–Crippen MR) is 89.3 cm³/mol. The Morgan fingerprint density at radius 3 is 2.36 bits per heavy atom. The van der Waals surface area contributed by atoms with E-state index in [-0.39, 0.29) is 22.9 Å². The molecule has 1 aromatic rings. The lowest BCUT2D eigenvalue weighted by Gasteiger charge is -2.16. The van der Waals surface area contributed by atoms with Crippen LogP contribution in [0.1, 0.15) is 10.4 Å². The molecule has 0 aliphatic carbocycles. The second-order valence-electron chi connectivity index (χ2n) is 5.31. The lowest BCUT2D eigenvalue weighted by Crippen LogP contribution is -2.39. The van der Waals surface area contributed by atoms with Crippen LogP contribution in [0, 0.1) is 0 Å². The van der Waals surface area contributed by atoms with Crippen molar-refractivity contribution in [3.8, 4) is 0 Å². The van der Waals surface area contributed by atoms with Gasteiger partial charge < -0.3 is 15.0 Å². The van der Waals surface area contributed by atoms with Gasteiger partial charge in [-0.2, -0.15) is 0 Å². The van der Waals surface area contributed by atoms with Crippen LogP contribution < -0.4 is 5.32 Å². The van der Waals surface area contributed by atoms with Crippen molar-refractivity contribution in [1.82, 2.24) is 14.5 Å². The van der Waals surface area contributed by atoms with Crippen LogP contribution in [0.5, 0.6) is 0 Å². The highest BCUT2D eigenvalue weighted by Crippen LogP contribution is 2.15. The van der Waals surface area contributed by atoms with Crippen LogP contribution in [-0.4, -0.2) is 76.7 Å². The fourth-order valence-corrected chi connectivity index (χ4v) is 2.65. The average molecular weight is 371 g/mol. The summed E-state index contributed by atoms with van der Waals surface area (Å²) in [5, 5.41) is 2.37. The van der Waals surface area contributed by atoms with Crippen LogP contribution in [0.2, 0.25) is 0 Å². The summed E-state index contributed by atoms with van der Waals surface area (Å²) in [5.41, 5.74) is 0.00433. The number of likely N-dealkylation sites (N-methyl/N-ethyl adjacent to an activating group) is 2. The van der Waals surface area contributed by atoms with Crippen LogP contribution >= 0.6 is 0 Å². The number of ether oxygens (including phenoxy) is 1. The van der Waals surface area contributed by atoms with Gasteiger partial charge in [0.15, 0.2) is 6.61 Å². The number of carbonyl (C=O) groups is 3. The topological polar surface area (TPSA) is 113 Å². The molecule has 0 aliphatic rings. The van der Waals surface area contributed by atoms with E-state index in [0.717, 1.165) is 9.21 Å². The maximum Gasteiger partial charge on any atom is 0.338 e. The van der Waals surface area contributed by atoms with Crippen LogP contribution in [-0.2, 0) is 24.3 Å². The van der Waals surface area contributed by atoms with E-state index in [1.807, 2.05) is 0 Å². The molecule has 0 aromatic heterocycles. The summed E-state index contributed by atoms with van der Waals surface area (Å²) < 4.78 is 30.0. The zero-order valence-electron chi connectivity index (χ0n) is 14.5. The fraction of sp³-hybridized carbons (Fsp3) is 0.400. The van der Waals surface area contributed by atoms with Gasteiger partial charge in [0, 0.05) is 28.2 Å². The summed E-state index contributed by atoms with van der Waals surface area (Å²) in [6.45, 7) is -0.722. The summed E-state index contributed by atoms with van der Waals surface area (Å²) in [6.07, 6.45) is 0. The van der Waals surface area contributed by atoms with Crippen LogP contribution in [0.3, 0.4) is 0 Å². The van der Waals surface area contributed by atoms with Crippen molar-refractivity contribution < 1.29 is 27.5 Å². The zero-order chi connectivity index (χ0) is 19.2. The number of carbonyl (C=O) groups excluding carboxylic acids is 3. The molecule has 2 amide bonds. The highest BCUT2D eigenvalue weighted by Gasteiger charge is 2.20. The monoisotopic (exact) mass is 371 g/mol.